The van der Waals surface area contributed by atoms with Gasteiger partial charge in [0.2, 0.25) is 0 Å². The molecule has 2 aromatic carbocycles. The number of rotatable bonds is 5. The molecule has 24 heavy (non-hydrogen) atoms. The lowest BCUT2D eigenvalue weighted by Gasteiger charge is -2.20. The van der Waals surface area contributed by atoms with Gasteiger partial charge in [0.15, 0.2) is 5.82 Å². The number of benzene rings is 2. The number of hydrogen-bond donors (Lipinski definition) is 1. The van der Waals surface area contributed by atoms with Crippen LogP contribution in [0.5, 0.6) is 0 Å². The highest BCUT2D eigenvalue weighted by atomic mass is 35.5. The monoisotopic (exact) mass is 359 g/mol. The third-order valence-corrected chi connectivity index (χ3v) is 4.21. The molecule has 122 valence electrons. The maximum atomic E-state index is 6.20. The van der Waals surface area contributed by atoms with E-state index in [-0.39, 0.29) is 0 Å². The third-order valence-electron chi connectivity index (χ3n) is 3.39. The van der Waals surface area contributed by atoms with Gasteiger partial charge in [-0.2, -0.15) is 10.1 Å². The Morgan fingerprint density at radius 3 is 2.58 bits per heavy atom. The molecule has 7 heteroatoms. The number of halogens is 2. The van der Waals surface area contributed by atoms with Gasteiger partial charge < -0.3 is 10.2 Å². The number of nitrogens with one attached hydrogen (secondary N) is 1. The smallest absolute Gasteiger partial charge is 0.251 e. The fourth-order valence-electron chi connectivity index (χ4n) is 2.25. The average molecular weight is 360 g/mol. The number of aromatic nitrogens is 3. The van der Waals surface area contributed by atoms with Crippen molar-refractivity contribution in [1.82, 2.24) is 15.2 Å². The predicted molar refractivity (Wildman–Crippen MR) is 98.7 cm³/mol. The summed E-state index contributed by atoms with van der Waals surface area (Å²) in [5.74, 6) is 1.05. The van der Waals surface area contributed by atoms with E-state index < -0.39 is 0 Å². The first kappa shape index (κ1) is 16.5. The molecule has 0 aliphatic carbocycles. The minimum atomic E-state index is 0.440. The van der Waals surface area contributed by atoms with Crippen LogP contribution in [0.15, 0.2) is 54.7 Å². The molecule has 0 radical (unpaired) electrons. The van der Waals surface area contributed by atoms with E-state index in [0.717, 1.165) is 5.69 Å². The van der Waals surface area contributed by atoms with E-state index in [4.69, 9.17) is 23.2 Å². The lowest BCUT2D eigenvalue weighted by atomic mass is 10.3. The molecule has 0 unspecified atom stereocenters. The van der Waals surface area contributed by atoms with E-state index >= 15 is 0 Å². The Bertz CT molecular complexity index is 826. The molecule has 3 aromatic rings. The molecule has 1 heterocycles. The number of nitrogens with zero attached hydrogens (tertiary/aromatic N) is 4. The summed E-state index contributed by atoms with van der Waals surface area (Å²) >= 11 is 12.2. The Morgan fingerprint density at radius 1 is 1.04 bits per heavy atom. The number of hydrogen-bond acceptors (Lipinski definition) is 5. The number of anilines is 4. The van der Waals surface area contributed by atoms with Crippen molar-refractivity contribution in [3.63, 3.8) is 0 Å². The van der Waals surface area contributed by atoms with Gasteiger partial charge in [-0.25, -0.2) is 0 Å². The minimum Gasteiger partial charge on any atom is -0.338 e. The standard InChI is InChI=1S/C17H15Cl2N5/c1-2-24(12-7-4-3-5-8-12)17-22-15(11-20-23-17)21-14-10-6-9-13(18)16(14)19/h3-11H,2H2,1H3,(H,21,22,23). The maximum absolute atomic E-state index is 6.20. The Balaban J connectivity index is 1.90. The van der Waals surface area contributed by atoms with Crippen molar-refractivity contribution in [2.24, 2.45) is 0 Å². The first-order valence-corrected chi connectivity index (χ1v) is 8.18. The van der Waals surface area contributed by atoms with Gasteiger partial charge in [0.05, 0.1) is 21.9 Å². The zero-order valence-corrected chi connectivity index (χ0v) is 14.5. The summed E-state index contributed by atoms with van der Waals surface area (Å²) in [5, 5.41) is 12.2. The highest BCUT2D eigenvalue weighted by Crippen LogP contribution is 2.31. The van der Waals surface area contributed by atoms with Gasteiger partial charge in [0.25, 0.3) is 5.95 Å². The first-order valence-electron chi connectivity index (χ1n) is 7.42. The van der Waals surface area contributed by atoms with E-state index in [1.165, 1.54) is 0 Å². The summed E-state index contributed by atoms with van der Waals surface area (Å²) in [7, 11) is 0. The van der Waals surface area contributed by atoms with Crippen LogP contribution in [0.2, 0.25) is 10.0 Å². The maximum Gasteiger partial charge on any atom is 0.251 e. The van der Waals surface area contributed by atoms with Crippen molar-refractivity contribution in [1.29, 1.82) is 0 Å². The Morgan fingerprint density at radius 2 is 1.83 bits per heavy atom. The summed E-state index contributed by atoms with van der Waals surface area (Å²) in [6.45, 7) is 2.75. The minimum absolute atomic E-state index is 0.440. The van der Waals surface area contributed by atoms with Crippen LogP contribution in [0.3, 0.4) is 0 Å². The topological polar surface area (TPSA) is 53.9 Å². The second-order valence-electron chi connectivity index (χ2n) is 4.95. The van der Waals surface area contributed by atoms with Crippen molar-refractivity contribution in [3.8, 4) is 0 Å². The molecule has 1 N–H and O–H groups in total. The molecule has 0 spiro atoms. The molecule has 0 atom stereocenters. The van der Waals surface area contributed by atoms with E-state index in [1.807, 2.05) is 54.3 Å². The van der Waals surface area contributed by atoms with Crippen molar-refractivity contribution in [2.45, 2.75) is 6.92 Å². The normalized spacial score (nSPS) is 10.5. The average Bonchev–Trinajstić information content (AvgIpc) is 2.61. The molecule has 0 fully saturated rings. The van der Waals surface area contributed by atoms with Crippen molar-refractivity contribution in [2.75, 3.05) is 16.8 Å². The second-order valence-corrected chi connectivity index (χ2v) is 5.73. The molecule has 0 aliphatic heterocycles. The van der Waals surface area contributed by atoms with Gasteiger partial charge in [-0.3, -0.25) is 0 Å². The summed E-state index contributed by atoms with van der Waals surface area (Å²) in [6.07, 6.45) is 1.54. The van der Waals surface area contributed by atoms with Crippen LogP contribution in [0, 0.1) is 0 Å². The molecular formula is C17H15Cl2N5. The molecule has 0 saturated heterocycles. The Hall–Kier alpha value is -2.37. The first-order chi connectivity index (χ1) is 11.7. The Labute approximate surface area is 150 Å². The van der Waals surface area contributed by atoms with Crippen LogP contribution in [-0.2, 0) is 0 Å². The van der Waals surface area contributed by atoms with Crippen LogP contribution in [0.4, 0.5) is 23.1 Å². The quantitative estimate of drug-likeness (QED) is 0.688. The van der Waals surface area contributed by atoms with Gasteiger partial charge in [0, 0.05) is 12.2 Å². The lowest BCUT2D eigenvalue weighted by molar-refractivity contribution is 0.887. The van der Waals surface area contributed by atoms with Crippen LogP contribution < -0.4 is 10.2 Å². The van der Waals surface area contributed by atoms with Gasteiger partial charge in [-0.05, 0) is 31.2 Å². The Kier molecular flexibility index (Phi) is 5.13. The second kappa shape index (κ2) is 7.47. The van der Waals surface area contributed by atoms with Crippen molar-refractivity contribution < 1.29 is 0 Å². The molecule has 3 rings (SSSR count). The largest absolute Gasteiger partial charge is 0.338 e. The van der Waals surface area contributed by atoms with E-state index in [2.05, 4.69) is 20.5 Å². The van der Waals surface area contributed by atoms with Crippen molar-refractivity contribution in [3.05, 3.63) is 64.8 Å². The fourth-order valence-corrected chi connectivity index (χ4v) is 2.60. The zero-order chi connectivity index (χ0) is 16.9. The summed E-state index contributed by atoms with van der Waals surface area (Å²) < 4.78 is 0. The van der Waals surface area contributed by atoms with Crippen LogP contribution in [-0.4, -0.2) is 21.7 Å². The lowest BCUT2D eigenvalue weighted by Crippen LogP contribution is -2.19. The van der Waals surface area contributed by atoms with Crippen LogP contribution >= 0.6 is 23.2 Å². The van der Waals surface area contributed by atoms with Crippen molar-refractivity contribution >= 4 is 46.3 Å². The van der Waals surface area contributed by atoms with Gasteiger partial charge >= 0.3 is 0 Å². The third kappa shape index (κ3) is 3.58. The molecule has 0 saturated carbocycles. The molecule has 0 bridgehead atoms. The van der Waals surface area contributed by atoms with Gasteiger partial charge in [-0.1, -0.05) is 47.5 Å². The molecular weight excluding hydrogens is 345 g/mol. The van der Waals surface area contributed by atoms with Gasteiger partial charge in [-0.15, -0.1) is 5.10 Å². The van der Waals surface area contributed by atoms with E-state index in [0.29, 0.717) is 34.0 Å². The highest BCUT2D eigenvalue weighted by Gasteiger charge is 2.12. The van der Waals surface area contributed by atoms with Crippen LogP contribution in [0.1, 0.15) is 6.92 Å². The molecule has 1 aromatic heterocycles. The van der Waals surface area contributed by atoms with Crippen LogP contribution in [0.25, 0.3) is 0 Å². The van der Waals surface area contributed by atoms with Gasteiger partial charge in [0.1, 0.15) is 0 Å². The zero-order valence-electron chi connectivity index (χ0n) is 12.9. The fraction of sp³-hybridized carbons (Fsp3) is 0.118. The SMILES string of the molecule is CCN(c1ccccc1)c1nncc(Nc2cccc(Cl)c2Cl)n1. The predicted octanol–water partition coefficient (Wildman–Crippen LogP) is 5.08. The highest BCUT2D eigenvalue weighted by molar-refractivity contribution is 6.43. The summed E-state index contributed by atoms with van der Waals surface area (Å²) in [5.41, 5.74) is 1.66. The van der Waals surface area contributed by atoms with E-state index in [9.17, 15) is 0 Å². The molecule has 0 aliphatic rings. The summed E-state index contributed by atoms with van der Waals surface area (Å²) in [4.78, 5) is 6.50. The summed E-state index contributed by atoms with van der Waals surface area (Å²) in [6, 6.07) is 15.3. The number of para-hydroxylation sites is 1. The van der Waals surface area contributed by atoms with E-state index in [1.54, 1.807) is 12.3 Å². The molecule has 0 amide bonds. The molecule has 5 nitrogen and oxygen atoms in total.